The van der Waals surface area contributed by atoms with Crippen molar-refractivity contribution in [3.8, 4) is 0 Å². The molecule has 4 amide bonds. The highest BCUT2D eigenvalue weighted by Gasteiger charge is 2.38. The molecule has 0 spiro atoms. The quantitative estimate of drug-likeness (QED) is 0.674. The Morgan fingerprint density at radius 3 is 2.70 bits per heavy atom. The van der Waals surface area contributed by atoms with Gasteiger partial charge in [-0.1, -0.05) is 38.5 Å². The molecule has 162 valence electrons. The third kappa shape index (κ3) is 4.39. The van der Waals surface area contributed by atoms with Crippen LogP contribution in [0, 0.1) is 5.92 Å². The van der Waals surface area contributed by atoms with Gasteiger partial charge in [0.2, 0.25) is 11.8 Å². The second-order valence-electron chi connectivity index (χ2n) is 7.85. The molecule has 2 aliphatic rings. The lowest BCUT2D eigenvalue weighted by atomic mass is 9.97. The topological polar surface area (TPSA) is 119 Å². The third-order valence-electron chi connectivity index (χ3n) is 5.91. The van der Waals surface area contributed by atoms with E-state index in [-0.39, 0.29) is 24.9 Å². The second-order valence-corrected chi connectivity index (χ2v) is 7.85. The van der Waals surface area contributed by atoms with Crippen molar-refractivity contribution in [2.45, 2.75) is 51.7 Å². The van der Waals surface area contributed by atoms with E-state index in [1.807, 2.05) is 32.0 Å². The van der Waals surface area contributed by atoms with Crippen molar-refractivity contribution >= 4 is 29.5 Å². The fourth-order valence-corrected chi connectivity index (χ4v) is 4.07. The average molecular weight is 416 g/mol. The minimum Gasteiger partial charge on any atom is -0.480 e. The number of hydrogen-bond donors (Lipinski definition) is 3. The number of amides is 4. The van der Waals surface area contributed by atoms with Crippen LogP contribution in [0.15, 0.2) is 24.3 Å². The van der Waals surface area contributed by atoms with Crippen molar-refractivity contribution < 1.29 is 24.3 Å². The van der Waals surface area contributed by atoms with E-state index in [1.165, 1.54) is 9.80 Å². The summed E-state index contributed by atoms with van der Waals surface area (Å²) in [6.45, 7) is 4.14. The first kappa shape index (κ1) is 21.6. The van der Waals surface area contributed by atoms with Crippen LogP contribution in [0.5, 0.6) is 0 Å². The van der Waals surface area contributed by atoms with Gasteiger partial charge in [-0.25, -0.2) is 9.59 Å². The maximum Gasteiger partial charge on any atom is 0.326 e. The lowest BCUT2D eigenvalue weighted by Crippen LogP contribution is -2.54. The molecule has 2 heterocycles. The molecule has 1 saturated heterocycles. The Hall–Kier alpha value is -3.10. The Balaban J connectivity index is 1.75. The number of likely N-dealkylation sites (tertiary alicyclic amines) is 1. The highest BCUT2D eigenvalue weighted by Crippen LogP contribution is 2.27. The summed E-state index contributed by atoms with van der Waals surface area (Å²) in [4.78, 5) is 52.5. The van der Waals surface area contributed by atoms with Crippen LogP contribution in [0.4, 0.5) is 10.5 Å². The van der Waals surface area contributed by atoms with Crippen LogP contribution in [0.25, 0.3) is 0 Å². The molecule has 1 aromatic rings. The van der Waals surface area contributed by atoms with Crippen LogP contribution >= 0.6 is 0 Å². The van der Waals surface area contributed by atoms with Crippen molar-refractivity contribution in [3.63, 3.8) is 0 Å². The fraction of sp³-hybridized carbons (Fsp3) is 0.524. The average Bonchev–Trinajstić information content (AvgIpc) is 3.17. The van der Waals surface area contributed by atoms with E-state index < -0.39 is 30.0 Å². The van der Waals surface area contributed by atoms with Gasteiger partial charge in [0.15, 0.2) is 0 Å². The number of urea groups is 1. The van der Waals surface area contributed by atoms with Gasteiger partial charge >= 0.3 is 12.0 Å². The van der Waals surface area contributed by atoms with Crippen LogP contribution < -0.4 is 10.6 Å². The molecule has 9 nitrogen and oxygen atoms in total. The molecular formula is C21H28N4O5. The van der Waals surface area contributed by atoms with Gasteiger partial charge in [0.1, 0.15) is 12.1 Å². The molecule has 1 aromatic carbocycles. The Bertz CT molecular complexity index is 842. The van der Waals surface area contributed by atoms with Gasteiger partial charge in [-0.05, 0) is 30.4 Å². The predicted molar refractivity (Wildman–Crippen MR) is 110 cm³/mol. The zero-order valence-corrected chi connectivity index (χ0v) is 17.3. The second kappa shape index (κ2) is 9.15. The molecule has 0 aliphatic carbocycles. The SMILES string of the molecule is CCC(C)C1C(=O)Nc2ccccc2CN1C(=O)NCC(=O)N1CCC[C@H]1C(=O)O. The number of aliphatic carboxylic acids is 1. The minimum atomic E-state index is -1.04. The Morgan fingerprint density at radius 2 is 2.00 bits per heavy atom. The van der Waals surface area contributed by atoms with Gasteiger partial charge in [0.05, 0.1) is 13.1 Å². The van der Waals surface area contributed by atoms with Gasteiger partial charge in [0, 0.05) is 12.2 Å². The number of nitrogens with one attached hydrogen (secondary N) is 2. The standard InChI is InChI=1S/C21H28N4O5/c1-3-13(2)18-19(27)23-15-8-5-4-7-14(15)12-25(18)21(30)22-11-17(26)24-10-6-9-16(24)20(28)29/h4-5,7-8,13,16,18H,3,6,9-12H2,1-2H3,(H,22,30)(H,23,27)(H,28,29)/t13?,16-,18?/m0/s1. The molecule has 1 fully saturated rings. The summed E-state index contributed by atoms with van der Waals surface area (Å²) in [5.74, 6) is -1.82. The summed E-state index contributed by atoms with van der Waals surface area (Å²) >= 11 is 0. The number of hydrogen-bond acceptors (Lipinski definition) is 4. The fourth-order valence-electron chi connectivity index (χ4n) is 4.07. The molecule has 30 heavy (non-hydrogen) atoms. The van der Waals surface area contributed by atoms with Crippen LogP contribution in [-0.4, -0.2) is 63.9 Å². The molecule has 9 heteroatoms. The first-order chi connectivity index (χ1) is 14.3. The molecule has 3 rings (SSSR count). The largest absolute Gasteiger partial charge is 0.480 e. The maximum absolute atomic E-state index is 13.0. The summed E-state index contributed by atoms with van der Waals surface area (Å²) < 4.78 is 0. The monoisotopic (exact) mass is 416 g/mol. The number of carboxylic acids is 1. The highest BCUT2D eigenvalue weighted by molar-refractivity contribution is 5.99. The van der Waals surface area contributed by atoms with E-state index in [0.717, 1.165) is 5.56 Å². The zero-order chi connectivity index (χ0) is 21.8. The summed E-state index contributed by atoms with van der Waals surface area (Å²) in [6, 6.07) is 5.25. The molecule has 3 atom stereocenters. The number of carboxylic acid groups (broad SMARTS) is 1. The highest BCUT2D eigenvalue weighted by atomic mass is 16.4. The van der Waals surface area contributed by atoms with Crippen molar-refractivity contribution in [2.24, 2.45) is 5.92 Å². The van der Waals surface area contributed by atoms with Gasteiger partial charge in [0.25, 0.3) is 0 Å². The molecule has 0 aromatic heterocycles. The van der Waals surface area contributed by atoms with Gasteiger partial charge < -0.3 is 25.5 Å². The van der Waals surface area contributed by atoms with Crippen LogP contribution in [0.2, 0.25) is 0 Å². The van der Waals surface area contributed by atoms with E-state index in [4.69, 9.17) is 0 Å². The molecule has 0 bridgehead atoms. The smallest absolute Gasteiger partial charge is 0.326 e. The lowest BCUT2D eigenvalue weighted by Gasteiger charge is -2.32. The first-order valence-corrected chi connectivity index (χ1v) is 10.3. The number of anilines is 1. The number of nitrogens with zero attached hydrogens (tertiary/aromatic N) is 2. The first-order valence-electron chi connectivity index (χ1n) is 10.3. The van der Waals surface area contributed by atoms with Crippen molar-refractivity contribution in [1.29, 1.82) is 0 Å². The molecule has 3 N–H and O–H groups in total. The number of fused-ring (bicyclic) bond motifs is 1. The van der Waals surface area contributed by atoms with Crippen molar-refractivity contribution in [2.75, 3.05) is 18.4 Å². The number of carbonyl (C=O) groups excluding carboxylic acids is 3. The van der Waals surface area contributed by atoms with Crippen LogP contribution in [-0.2, 0) is 20.9 Å². The summed E-state index contributed by atoms with van der Waals surface area (Å²) in [5, 5.41) is 14.8. The van der Waals surface area contributed by atoms with Gasteiger partial charge in [-0.2, -0.15) is 0 Å². The summed E-state index contributed by atoms with van der Waals surface area (Å²) in [6.07, 6.45) is 1.73. The lowest BCUT2D eigenvalue weighted by molar-refractivity contribution is -0.147. The van der Waals surface area contributed by atoms with E-state index in [2.05, 4.69) is 10.6 Å². The number of carbonyl (C=O) groups is 4. The van der Waals surface area contributed by atoms with Crippen molar-refractivity contribution in [1.82, 2.24) is 15.1 Å². The van der Waals surface area contributed by atoms with E-state index >= 15 is 0 Å². The van der Waals surface area contributed by atoms with Crippen molar-refractivity contribution in [3.05, 3.63) is 29.8 Å². The van der Waals surface area contributed by atoms with Crippen LogP contribution in [0.3, 0.4) is 0 Å². The Morgan fingerprint density at radius 1 is 1.27 bits per heavy atom. The Kier molecular flexibility index (Phi) is 6.59. The van der Waals surface area contributed by atoms with E-state index in [9.17, 15) is 24.3 Å². The maximum atomic E-state index is 13.0. The Labute approximate surface area is 175 Å². The predicted octanol–water partition coefficient (Wildman–Crippen LogP) is 1.64. The van der Waals surface area contributed by atoms with Crippen LogP contribution in [0.1, 0.15) is 38.7 Å². The number of benzene rings is 1. The van der Waals surface area contributed by atoms with E-state index in [0.29, 0.717) is 31.5 Å². The molecular weight excluding hydrogens is 388 g/mol. The van der Waals surface area contributed by atoms with E-state index in [1.54, 1.807) is 6.07 Å². The third-order valence-corrected chi connectivity index (χ3v) is 5.91. The summed E-state index contributed by atoms with van der Waals surface area (Å²) in [5.41, 5.74) is 1.48. The normalized spacial score (nSPS) is 22.0. The minimum absolute atomic E-state index is 0.0873. The van der Waals surface area contributed by atoms with Gasteiger partial charge in [-0.3, -0.25) is 9.59 Å². The molecule has 0 saturated carbocycles. The zero-order valence-electron chi connectivity index (χ0n) is 17.3. The number of rotatable bonds is 5. The van der Waals surface area contributed by atoms with Gasteiger partial charge in [-0.15, -0.1) is 0 Å². The summed E-state index contributed by atoms with van der Waals surface area (Å²) in [7, 11) is 0. The molecule has 0 radical (unpaired) electrons. The molecule has 2 unspecified atom stereocenters. The molecule has 2 aliphatic heterocycles. The number of para-hydroxylation sites is 1.